The molecular weight excluding hydrogens is 668 g/mol. The number of carbonyl (C=O) groups excluding carboxylic acids is 5. The molecule has 0 bridgehead atoms. The number of fused-ring (bicyclic) bond motifs is 3. The Hall–Kier alpha value is -5.16. The molecule has 0 spiro atoms. The molecule has 2 fully saturated rings. The first-order valence-corrected chi connectivity index (χ1v) is 17.9. The molecule has 12 heteroatoms. The number of aryl methyl sites for hydroxylation is 1. The van der Waals surface area contributed by atoms with Crippen LogP contribution in [-0.2, 0) is 33.8 Å². The molecule has 11 nitrogen and oxygen atoms in total. The van der Waals surface area contributed by atoms with E-state index in [0.29, 0.717) is 55.2 Å². The highest BCUT2D eigenvalue weighted by molar-refractivity contribution is 6.31. The van der Waals surface area contributed by atoms with Gasteiger partial charge in [0.05, 0.1) is 12.3 Å². The number of amides is 5. The first-order valence-electron chi connectivity index (χ1n) is 17.5. The Morgan fingerprint density at radius 1 is 0.961 bits per heavy atom. The van der Waals surface area contributed by atoms with E-state index in [9.17, 15) is 24.0 Å². The minimum Gasteiger partial charge on any atom is -0.361 e. The van der Waals surface area contributed by atoms with E-state index >= 15 is 0 Å². The molecule has 0 saturated carbocycles. The summed E-state index contributed by atoms with van der Waals surface area (Å²) < 4.78 is 0. The van der Waals surface area contributed by atoms with Gasteiger partial charge in [0, 0.05) is 73.0 Å². The standard InChI is InChI=1S/C39H41ClN6O5/c1-41-38(50)33(9-5-8-23-6-3-2-4-7-23)44-37(49)32-22-45(35(47)15-26-17-42-34-16-28(40)11-13-29(26)34)19-27-20-46(21-31(27)32)39(51)24-10-12-30-25(14-24)18-43-36(30)48/h2-4,6-7,10-14,16-17,27,31-33,42H,5,8-9,15,18-22H2,1H3,(H,41,50)(H,43,48)(H,44,49)/t27?,31?,32?,33-/m0/s1. The average Bonchev–Trinajstić information content (AvgIpc) is 3.86. The molecule has 5 amide bonds. The number of nitrogens with zero attached hydrogens (tertiary/aromatic N) is 2. The second kappa shape index (κ2) is 14.6. The van der Waals surface area contributed by atoms with Crippen LogP contribution >= 0.6 is 11.6 Å². The molecule has 3 aliphatic heterocycles. The summed E-state index contributed by atoms with van der Waals surface area (Å²) in [7, 11) is 1.56. The van der Waals surface area contributed by atoms with Crippen LogP contribution in [0.3, 0.4) is 0 Å². The van der Waals surface area contributed by atoms with Crippen LogP contribution in [0.5, 0.6) is 0 Å². The number of halogens is 1. The van der Waals surface area contributed by atoms with Gasteiger partial charge in [-0.05, 0) is 78.1 Å². The highest BCUT2D eigenvalue weighted by Gasteiger charge is 2.48. The second-order valence-corrected chi connectivity index (χ2v) is 14.3. The van der Waals surface area contributed by atoms with Crippen molar-refractivity contribution in [2.75, 3.05) is 33.2 Å². The van der Waals surface area contributed by atoms with Crippen LogP contribution in [0.25, 0.3) is 10.9 Å². The molecule has 3 aromatic carbocycles. The van der Waals surface area contributed by atoms with Gasteiger partial charge in [0.1, 0.15) is 6.04 Å². The molecule has 7 rings (SSSR count). The molecule has 0 aliphatic carbocycles. The Kier molecular flexibility index (Phi) is 9.82. The molecule has 2 saturated heterocycles. The van der Waals surface area contributed by atoms with Gasteiger partial charge >= 0.3 is 0 Å². The zero-order valence-corrected chi connectivity index (χ0v) is 29.2. The van der Waals surface area contributed by atoms with Gasteiger partial charge < -0.3 is 30.7 Å². The number of likely N-dealkylation sites (N-methyl/N-ethyl adjacent to an activating group) is 1. The number of aromatic amines is 1. The lowest BCUT2D eigenvalue weighted by Crippen LogP contribution is -2.56. The van der Waals surface area contributed by atoms with Crippen molar-refractivity contribution in [2.45, 2.75) is 38.3 Å². The Morgan fingerprint density at radius 2 is 1.76 bits per heavy atom. The highest BCUT2D eigenvalue weighted by atomic mass is 35.5. The fraction of sp³-hybridized carbons (Fsp3) is 0.359. The van der Waals surface area contributed by atoms with Crippen LogP contribution in [-0.4, -0.2) is 83.6 Å². The number of hydrogen-bond donors (Lipinski definition) is 4. The van der Waals surface area contributed by atoms with Crippen LogP contribution < -0.4 is 16.0 Å². The van der Waals surface area contributed by atoms with Crippen molar-refractivity contribution in [3.05, 3.63) is 106 Å². The normalized spacial score (nSPS) is 20.0. The summed E-state index contributed by atoms with van der Waals surface area (Å²) in [6, 6.07) is 19.9. The lowest BCUT2D eigenvalue weighted by molar-refractivity contribution is -0.140. The summed E-state index contributed by atoms with van der Waals surface area (Å²) in [5.41, 5.74) is 4.66. The van der Waals surface area contributed by atoms with Gasteiger partial charge in [0.2, 0.25) is 17.7 Å². The molecule has 4 aromatic rings. The second-order valence-electron chi connectivity index (χ2n) is 13.8. The number of hydrogen-bond acceptors (Lipinski definition) is 5. The van der Waals surface area contributed by atoms with Crippen molar-refractivity contribution >= 4 is 52.0 Å². The summed E-state index contributed by atoms with van der Waals surface area (Å²) in [4.78, 5) is 73.8. The summed E-state index contributed by atoms with van der Waals surface area (Å²) >= 11 is 6.17. The number of rotatable bonds is 10. The van der Waals surface area contributed by atoms with Gasteiger partial charge in [-0.3, -0.25) is 24.0 Å². The summed E-state index contributed by atoms with van der Waals surface area (Å²) in [6.45, 7) is 1.69. The van der Waals surface area contributed by atoms with E-state index < -0.39 is 12.0 Å². The molecule has 1 aromatic heterocycles. The fourth-order valence-electron chi connectivity index (χ4n) is 7.93. The molecule has 4 heterocycles. The van der Waals surface area contributed by atoms with Gasteiger partial charge in [-0.1, -0.05) is 48.0 Å². The molecule has 4 N–H and O–H groups in total. The van der Waals surface area contributed by atoms with Gasteiger partial charge in [0.25, 0.3) is 11.8 Å². The third-order valence-electron chi connectivity index (χ3n) is 10.6. The Balaban J connectivity index is 1.10. The van der Waals surface area contributed by atoms with E-state index in [2.05, 4.69) is 20.9 Å². The largest absolute Gasteiger partial charge is 0.361 e. The smallest absolute Gasteiger partial charge is 0.253 e. The summed E-state index contributed by atoms with van der Waals surface area (Å²) in [5, 5.41) is 10.0. The van der Waals surface area contributed by atoms with Crippen LogP contribution in [0.15, 0.2) is 72.9 Å². The quantitative estimate of drug-likeness (QED) is 0.199. The van der Waals surface area contributed by atoms with E-state index in [-0.39, 0.29) is 54.3 Å². The molecule has 0 radical (unpaired) electrons. The maximum absolute atomic E-state index is 14.2. The minimum absolute atomic E-state index is 0.117. The van der Waals surface area contributed by atoms with E-state index in [0.717, 1.165) is 34.0 Å². The van der Waals surface area contributed by atoms with E-state index in [1.54, 1.807) is 41.1 Å². The maximum atomic E-state index is 14.2. The zero-order chi connectivity index (χ0) is 35.6. The molecule has 264 valence electrons. The molecule has 51 heavy (non-hydrogen) atoms. The van der Waals surface area contributed by atoms with E-state index in [1.807, 2.05) is 48.7 Å². The van der Waals surface area contributed by atoms with Crippen molar-refractivity contribution in [1.29, 1.82) is 0 Å². The van der Waals surface area contributed by atoms with Gasteiger partial charge in [-0.2, -0.15) is 0 Å². The van der Waals surface area contributed by atoms with E-state index in [1.165, 1.54) is 0 Å². The SMILES string of the molecule is CNC(=O)[C@H](CCCc1ccccc1)NC(=O)C1CN(C(=O)Cc2c[nH]c3cc(Cl)ccc23)CC2CN(C(=O)c3ccc4c(c3)CNC4=O)CC21. The Bertz CT molecular complexity index is 2000. The lowest BCUT2D eigenvalue weighted by Gasteiger charge is -2.40. The summed E-state index contributed by atoms with van der Waals surface area (Å²) in [5.74, 6) is -1.99. The van der Waals surface area contributed by atoms with Crippen LogP contribution in [0.2, 0.25) is 5.02 Å². The number of aromatic nitrogens is 1. The van der Waals surface area contributed by atoms with Crippen molar-refractivity contribution in [2.24, 2.45) is 17.8 Å². The van der Waals surface area contributed by atoms with Crippen molar-refractivity contribution in [3.8, 4) is 0 Å². The predicted molar refractivity (Wildman–Crippen MR) is 193 cm³/mol. The van der Waals surface area contributed by atoms with Gasteiger partial charge in [-0.25, -0.2) is 0 Å². The van der Waals surface area contributed by atoms with Crippen molar-refractivity contribution < 1.29 is 24.0 Å². The van der Waals surface area contributed by atoms with Crippen LogP contribution in [0.1, 0.15) is 50.2 Å². The summed E-state index contributed by atoms with van der Waals surface area (Å²) in [6.07, 6.45) is 3.87. The van der Waals surface area contributed by atoms with Gasteiger partial charge in [-0.15, -0.1) is 0 Å². The molecule has 3 unspecified atom stereocenters. The Morgan fingerprint density at radius 3 is 2.57 bits per heavy atom. The number of likely N-dealkylation sites (tertiary alicyclic amines) is 2. The lowest BCUT2D eigenvalue weighted by atomic mass is 9.79. The number of nitrogens with one attached hydrogen (secondary N) is 4. The molecule has 3 aliphatic rings. The number of piperidine rings is 1. The van der Waals surface area contributed by atoms with Gasteiger partial charge in [0.15, 0.2) is 0 Å². The third kappa shape index (κ3) is 7.21. The van der Waals surface area contributed by atoms with Crippen LogP contribution in [0.4, 0.5) is 0 Å². The highest BCUT2D eigenvalue weighted by Crippen LogP contribution is 2.37. The maximum Gasteiger partial charge on any atom is 0.253 e. The monoisotopic (exact) mass is 708 g/mol. The molecule has 4 atom stereocenters. The average molecular weight is 709 g/mol. The third-order valence-corrected chi connectivity index (χ3v) is 10.9. The van der Waals surface area contributed by atoms with E-state index in [4.69, 9.17) is 11.6 Å². The van der Waals surface area contributed by atoms with Crippen molar-refractivity contribution in [3.63, 3.8) is 0 Å². The first-order chi connectivity index (χ1) is 24.7. The van der Waals surface area contributed by atoms with Crippen molar-refractivity contribution in [1.82, 2.24) is 30.7 Å². The first kappa shape index (κ1) is 34.3. The Labute approximate surface area is 301 Å². The van der Waals surface area contributed by atoms with Crippen LogP contribution in [0, 0.1) is 17.8 Å². The topological polar surface area (TPSA) is 144 Å². The minimum atomic E-state index is -0.740. The number of benzene rings is 3. The number of H-pyrrole nitrogens is 1. The fourth-order valence-corrected chi connectivity index (χ4v) is 8.10. The number of carbonyl (C=O) groups is 5. The predicted octanol–water partition coefficient (Wildman–Crippen LogP) is 3.71. The molecular formula is C39H41ClN6O5. The zero-order valence-electron chi connectivity index (χ0n) is 28.4.